The number of aromatic nitrogens is 2. The number of nitrogens with zero attached hydrogens (tertiary/aromatic N) is 1. The second-order valence-corrected chi connectivity index (χ2v) is 5.27. The zero-order valence-corrected chi connectivity index (χ0v) is 12.0. The molecule has 0 bridgehead atoms. The summed E-state index contributed by atoms with van der Waals surface area (Å²) in [5.74, 6) is 0. The molecule has 102 valence electrons. The van der Waals surface area contributed by atoms with Crippen molar-refractivity contribution in [2.45, 2.75) is 19.4 Å². The highest BCUT2D eigenvalue weighted by atomic mass is 16.5. The number of imidazole rings is 1. The van der Waals surface area contributed by atoms with Crippen molar-refractivity contribution in [2.75, 3.05) is 7.11 Å². The van der Waals surface area contributed by atoms with Crippen LogP contribution in [0.2, 0.25) is 0 Å². The Morgan fingerprint density at radius 3 is 2.55 bits per heavy atom. The van der Waals surface area contributed by atoms with Gasteiger partial charge in [0.05, 0.1) is 18.2 Å². The largest absolute Gasteiger partial charge is 0.367 e. The first-order valence-corrected chi connectivity index (χ1v) is 6.68. The van der Waals surface area contributed by atoms with Crippen LogP contribution in [0.3, 0.4) is 0 Å². The van der Waals surface area contributed by atoms with Gasteiger partial charge in [-0.05, 0) is 36.2 Å². The van der Waals surface area contributed by atoms with Crippen molar-refractivity contribution in [3.8, 4) is 0 Å². The highest BCUT2D eigenvalue weighted by molar-refractivity contribution is 5.84. The molecule has 0 saturated carbocycles. The molecular formula is C17H18N2O. The molecule has 0 aliphatic heterocycles. The Bertz CT molecular complexity index is 734. The molecule has 0 spiro atoms. The van der Waals surface area contributed by atoms with Gasteiger partial charge >= 0.3 is 0 Å². The number of aryl methyl sites for hydroxylation is 1. The summed E-state index contributed by atoms with van der Waals surface area (Å²) in [5, 5.41) is 2.47. The number of rotatable bonds is 3. The molecule has 3 heteroatoms. The SMILES string of the molecule is COC(C)(c1ccc2cc(C)ccc2c1)c1cnc[nH]1. The quantitative estimate of drug-likeness (QED) is 0.783. The molecule has 3 aromatic rings. The molecule has 0 aliphatic carbocycles. The third kappa shape index (κ3) is 2.00. The molecule has 1 N–H and O–H groups in total. The van der Waals surface area contributed by atoms with E-state index in [9.17, 15) is 0 Å². The molecule has 0 aliphatic rings. The smallest absolute Gasteiger partial charge is 0.131 e. The van der Waals surface area contributed by atoms with E-state index in [4.69, 9.17) is 4.74 Å². The van der Waals surface area contributed by atoms with Crippen LogP contribution in [0.5, 0.6) is 0 Å². The number of methoxy groups -OCH3 is 1. The summed E-state index contributed by atoms with van der Waals surface area (Å²) < 4.78 is 5.77. The van der Waals surface area contributed by atoms with Gasteiger partial charge in [0.1, 0.15) is 5.60 Å². The Balaban J connectivity index is 2.15. The number of benzene rings is 2. The van der Waals surface area contributed by atoms with Crippen molar-refractivity contribution in [3.05, 3.63) is 65.7 Å². The minimum absolute atomic E-state index is 0.518. The van der Waals surface area contributed by atoms with E-state index >= 15 is 0 Å². The monoisotopic (exact) mass is 266 g/mol. The van der Waals surface area contributed by atoms with Crippen LogP contribution >= 0.6 is 0 Å². The van der Waals surface area contributed by atoms with Crippen LogP contribution in [0, 0.1) is 6.92 Å². The summed E-state index contributed by atoms with van der Waals surface area (Å²) in [6.07, 6.45) is 3.49. The second-order valence-electron chi connectivity index (χ2n) is 5.27. The average Bonchev–Trinajstić information content (AvgIpc) is 3.00. The molecule has 1 atom stereocenters. The highest BCUT2D eigenvalue weighted by Crippen LogP contribution is 2.33. The summed E-state index contributed by atoms with van der Waals surface area (Å²) >= 11 is 0. The molecule has 0 fully saturated rings. The van der Waals surface area contributed by atoms with Crippen molar-refractivity contribution in [1.29, 1.82) is 0 Å². The van der Waals surface area contributed by atoms with E-state index in [0.29, 0.717) is 0 Å². The summed E-state index contributed by atoms with van der Waals surface area (Å²) in [5.41, 5.74) is 2.82. The van der Waals surface area contributed by atoms with E-state index in [1.807, 2.05) is 6.20 Å². The van der Waals surface area contributed by atoms with Gasteiger partial charge in [0.25, 0.3) is 0 Å². The topological polar surface area (TPSA) is 37.9 Å². The lowest BCUT2D eigenvalue weighted by molar-refractivity contribution is 0.0358. The van der Waals surface area contributed by atoms with Crippen molar-refractivity contribution in [2.24, 2.45) is 0 Å². The molecule has 1 heterocycles. The van der Waals surface area contributed by atoms with Crippen molar-refractivity contribution >= 4 is 10.8 Å². The van der Waals surface area contributed by atoms with Gasteiger partial charge in [0.2, 0.25) is 0 Å². The van der Waals surface area contributed by atoms with Gasteiger partial charge < -0.3 is 9.72 Å². The number of nitrogens with one attached hydrogen (secondary N) is 1. The highest BCUT2D eigenvalue weighted by Gasteiger charge is 2.30. The molecule has 2 aromatic carbocycles. The Labute approximate surface area is 118 Å². The first-order valence-electron chi connectivity index (χ1n) is 6.68. The van der Waals surface area contributed by atoms with Crippen LogP contribution in [0.1, 0.15) is 23.7 Å². The summed E-state index contributed by atoms with van der Waals surface area (Å²) in [4.78, 5) is 7.25. The predicted octanol–water partition coefficient (Wildman–Crippen LogP) is 3.78. The molecule has 1 unspecified atom stereocenters. The third-order valence-corrected chi connectivity index (χ3v) is 3.97. The Hall–Kier alpha value is -2.13. The van der Waals surface area contributed by atoms with E-state index in [-0.39, 0.29) is 0 Å². The standard InChI is InChI=1S/C17H18N2O/c1-12-4-5-14-9-15(7-6-13(14)8-12)17(2,20-3)16-10-18-11-19-16/h4-11H,1-3H3,(H,18,19). The van der Waals surface area contributed by atoms with Crippen LogP contribution in [0.4, 0.5) is 0 Å². The molecule has 1 aromatic heterocycles. The number of fused-ring (bicyclic) bond motifs is 1. The average molecular weight is 266 g/mol. The number of aromatic amines is 1. The lowest BCUT2D eigenvalue weighted by atomic mass is 9.90. The molecule has 20 heavy (non-hydrogen) atoms. The van der Waals surface area contributed by atoms with E-state index in [2.05, 4.69) is 60.2 Å². The lowest BCUT2D eigenvalue weighted by Crippen LogP contribution is -2.26. The number of hydrogen-bond donors (Lipinski definition) is 1. The minimum Gasteiger partial charge on any atom is -0.367 e. The Morgan fingerprint density at radius 2 is 1.85 bits per heavy atom. The zero-order valence-electron chi connectivity index (χ0n) is 12.0. The summed E-state index contributed by atoms with van der Waals surface area (Å²) in [6, 6.07) is 12.9. The van der Waals surface area contributed by atoms with Gasteiger partial charge in [0.15, 0.2) is 0 Å². The molecule has 0 amide bonds. The van der Waals surface area contributed by atoms with Crippen LogP contribution in [0.25, 0.3) is 10.8 Å². The summed E-state index contributed by atoms with van der Waals surface area (Å²) in [7, 11) is 1.72. The third-order valence-electron chi connectivity index (χ3n) is 3.97. The van der Waals surface area contributed by atoms with E-state index < -0.39 is 5.60 Å². The molecule has 0 saturated heterocycles. The maximum absolute atomic E-state index is 5.77. The number of H-pyrrole nitrogens is 1. The molecular weight excluding hydrogens is 248 g/mol. The molecule has 3 rings (SSSR count). The van der Waals surface area contributed by atoms with Crippen molar-refractivity contribution in [1.82, 2.24) is 9.97 Å². The van der Waals surface area contributed by atoms with Crippen molar-refractivity contribution < 1.29 is 4.74 Å². The minimum atomic E-state index is -0.518. The number of hydrogen-bond acceptors (Lipinski definition) is 2. The maximum Gasteiger partial charge on any atom is 0.131 e. The lowest BCUT2D eigenvalue weighted by Gasteiger charge is -2.27. The fourth-order valence-electron chi connectivity index (χ4n) is 2.56. The van der Waals surface area contributed by atoms with Gasteiger partial charge in [-0.2, -0.15) is 0 Å². The second kappa shape index (κ2) is 4.76. The van der Waals surface area contributed by atoms with Gasteiger partial charge in [-0.15, -0.1) is 0 Å². The fourth-order valence-corrected chi connectivity index (χ4v) is 2.56. The molecule has 0 radical (unpaired) electrons. The fraction of sp³-hybridized carbons (Fsp3) is 0.235. The van der Waals surface area contributed by atoms with E-state index in [1.165, 1.54) is 16.3 Å². The normalized spacial score (nSPS) is 14.3. The molecule has 3 nitrogen and oxygen atoms in total. The van der Waals surface area contributed by atoms with Crippen LogP contribution < -0.4 is 0 Å². The van der Waals surface area contributed by atoms with Crippen LogP contribution in [-0.4, -0.2) is 17.1 Å². The van der Waals surface area contributed by atoms with E-state index in [0.717, 1.165) is 11.3 Å². The van der Waals surface area contributed by atoms with Gasteiger partial charge in [-0.3, -0.25) is 0 Å². The van der Waals surface area contributed by atoms with Gasteiger partial charge in [-0.25, -0.2) is 4.98 Å². The van der Waals surface area contributed by atoms with Crippen molar-refractivity contribution in [3.63, 3.8) is 0 Å². The first-order chi connectivity index (χ1) is 9.63. The predicted molar refractivity (Wildman–Crippen MR) is 80.7 cm³/mol. The number of ether oxygens (including phenoxy) is 1. The van der Waals surface area contributed by atoms with Gasteiger partial charge in [-0.1, -0.05) is 35.9 Å². The van der Waals surface area contributed by atoms with Crippen LogP contribution in [0.15, 0.2) is 48.9 Å². The first kappa shape index (κ1) is 12.9. The maximum atomic E-state index is 5.77. The van der Waals surface area contributed by atoms with Crippen LogP contribution in [-0.2, 0) is 10.3 Å². The Morgan fingerprint density at radius 1 is 1.10 bits per heavy atom. The Kier molecular flexibility index (Phi) is 3.07. The van der Waals surface area contributed by atoms with E-state index in [1.54, 1.807) is 13.4 Å². The zero-order chi connectivity index (χ0) is 14.2. The summed E-state index contributed by atoms with van der Waals surface area (Å²) in [6.45, 7) is 4.16. The van der Waals surface area contributed by atoms with Gasteiger partial charge in [0, 0.05) is 7.11 Å².